The summed E-state index contributed by atoms with van der Waals surface area (Å²) in [6, 6.07) is 9.86. The van der Waals surface area contributed by atoms with Crippen LogP contribution in [0.25, 0.3) is 17.0 Å². The van der Waals surface area contributed by atoms with Crippen LogP contribution < -0.4 is 0 Å². The Kier molecular flexibility index (Phi) is 5.46. The summed E-state index contributed by atoms with van der Waals surface area (Å²) in [4.78, 5) is 18.1. The Balaban J connectivity index is 2.07. The van der Waals surface area contributed by atoms with Gasteiger partial charge in [0.15, 0.2) is 0 Å². The zero-order chi connectivity index (χ0) is 15.1. The minimum atomic E-state index is -0.0148. The molecule has 1 amide bonds. The molecule has 0 aliphatic carbocycles. The van der Waals surface area contributed by atoms with Crippen LogP contribution in [0.4, 0.5) is 0 Å². The number of hydrogen-bond donors (Lipinski definition) is 0. The van der Waals surface area contributed by atoms with Gasteiger partial charge in [-0.25, -0.2) is 0 Å². The van der Waals surface area contributed by atoms with Crippen LogP contribution in [0.15, 0.2) is 42.6 Å². The van der Waals surface area contributed by atoms with Crippen LogP contribution in [0, 0.1) is 0 Å². The number of likely N-dealkylation sites (N-methyl/N-ethyl adjacent to an activating group) is 1. The van der Waals surface area contributed by atoms with E-state index in [-0.39, 0.29) is 5.91 Å². The molecule has 2 aromatic rings. The van der Waals surface area contributed by atoms with Gasteiger partial charge < -0.3 is 9.64 Å². The van der Waals surface area contributed by atoms with Crippen molar-refractivity contribution in [2.24, 2.45) is 0 Å². The van der Waals surface area contributed by atoms with Crippen LogP contribution in [0.1, 0.15) is 12.0 Å². The molecule has 1 aromatic carbocycles. The van der Waals surface area contributed by atoms with E-state index in [1.807, 2.05) is 36.4 Å². The second kappa shape index (κ2) is 7.55. The van der Waals surface area contributed by atoms with Gasteiger partial charge >= 0.3 is 0 Å². The highest BCUT2D eigenvalue weighted by atomic mass is 16.5. The van der Waals surface area contributed by atoms with Crippen molar-refractivity contribution >= 4 is 22.9 Å². The highest BCUT2D eigenvalue weighted by Gasteiger charge is 2.05. The Morgan fingerprint density at radius 1 is 1.33 bits per heavy atom. The molecule has 0 aliphatic heterocycles. The third kappa shape index (κ3) is 4.13. The van der Waals surface area contributed by atoms with E-state index >= 15 is 0 Å². The number of carbonyl (C=O) groups is 1. The molecule has 4 nitrogen and oxygen atoms in total. The molecule has 0 saturated carbocycles. The van der Waals surface area contributed by atoms with Gasteiger partial charge in [0, 0.05) is 50.5 Å². The average Bonchev–Trinajstić information content (AvgIpc) is 2.52. The minimum absolute atomic E-state index is 0.0148. The highest BCUT2D eigenvalue weighted by Crippen LogP contribution is 2.17. The number of ether oxygens (including phenoxy) is 1. The van der Waals surface area contributed by atoms with E-state index < -0.39 is 0 Å². The zero-order valence-electron chi connectivity index (χ0n) is 12.5. The quantitative estimate of drug-likeness (QED) is 0.605. The number of para-hydroxylation sites is 1. The van der Waals surface area contributed by atoms with Crippen molar-refractivity contribution in [2.45, 2.75) is 6.42 Å². The van der Waals surface area contributed by atoms with Crippen molar-refractivity contribution in [1.82, 2.24) is 9.88 Å². The highest BCUT2D eigenvalue weighted by molar-refractivity contribution is 5.95. The normalized spacial score (nSPS) is 11.1. The van der Waals surface area contributed by atoms with Gasteiger partial charge in [-0.1, -0.05) is 24.3 Å². The van der Waals surface area contributed by atoms with Crippen LogP contribution >= 0.6 is 0 Å². The lowest BCUT2D eigenvalue weighted by molar-refractivity contribution is -0.124. The molecule has 110 valence electrons. The Labute approximate surface area is 125 Å². The van der Waals surface area contributed by atoms with Crippen LogP contribution in [-0.2, 0) is 9.53 Å². The first-order valence-electron chi connectivity index (χ1n) is 6.98. The summed E-state index contributed by atoms with van der Waals surface area (Å²) >= 11 is 0. The van der Waals surface area contributed by atoms with Gasteiger partial charge in [0.25, 0.3) is 0 Å². The Morgan fingerprint density at radius 2 is 2.14 bits per heavy atom. The molecule has 4 heteroatoms. The predicted molar refractivity (Wildman–Crippen MR) is 84.9 cm³/mol. The molecule has 21 heavy (non-hydrogen) atoms. The van der Waals surface area contributed by atoms with Crippen molar-refractivity contribution in [1.29, 1.82) is 0 Å². The minimum Gasteiger partial charge on any atom is -0.385 e. The number of fused-ring (bicyclic) bond motifs is 1. The third-order valence-corrected chi connectivity index (χ3v) is 3.29. The van der Waals surface area contributed by atoms with Crippen molar-refractivity contribution in [3.8, 4) is 0 Å². The summed E-state index contributed by atoms with van der Waals surface area (Å²) in [5.41, 5.74) is 1.86. The fraction of sp³-hybridized carbons (Fsp3) is 0.294. The molecule has 0 atom stereocenters. The van der Waals surface area contributed by atoms with Gasteiger partial charge in [-0.05, 0) is 18.6 Å². The molecular weight excluding hydrogens is 264 g/mol. The maximum absolute atomic E-state index is 12.0. The SMILES string of the molecule is COCCCN(C)C(=O)/C=C/c1cccc2cccnc12. The van der Waals surface area contributed by atoms with Gasteiger partial charge in [-0.3, -0.25) is 9.78 Å². The fourth-order valence-corrected chi connectivity index (χ4v) is 2.11. The average molecular weight is 284 g/mol. The van der Waals surface area contributed by atoms with E-state index in [1.165, 1.54) is 0 Å². The molecule has 2 rings (SSSR count). The molecular formula is C17H20N2O2. The van der Waals surface area contributed by atoms with Crippen molar-refractivity contribution in [3.63, 3.8) is 0 Å². The number of carbonyl (C=O) groups excluding carboxylic acids is 1. The summed E-state index contributed by atoms with van der Waals surface area (Å²) in [6.45, 7) is 1.35. The van der Waals surface area contributed by atoms with E-state index in [1.54, 1.807) is 31.3 Å². The smallest absolute Gasteiger partial charge is 0.246 e. The molecule has 0 N–H and O–H groups in total. The van der Waals surface area contributed by atoms with Gasteiger partial charge in [0.2, 0.25) is 5.91 Å². The van der Waals surface area contributed by atoms with Crippen molar-refractivity contribution < 1.29 is 9.53 Å². The number of amides is 1. The molecule has 0 radical (unpaired) electrons. The first-order chi connectivity index (χ1) is 10.2. The molecule has 0 fully saturated rings. The zero-order valence-corrected chi connectivity index (χ0v) is 12.5. The monoisotopic (exact) mass is 284 g/mol. The molecule has 1 aromatic heterocycles. The number of methoxy groups -OCH3 is 1. The van der Waals surface area contributed by atoms with Gasteiger partial charge in [0.1, 0.15) is 0 Å². The second-order valence-electron chi connectivity index (χ2n) is 4.86. The molecule has 0 aliphatic rings. The number of nitrogens with zero attached hydrogens (tertiary/aromatic N) is 2. The summed E-state index contributed by atoms with van der Waals surface area (Å²) in [6.07, 6.45) is 6.02. The predicted octanol–water partition coefficient (Wildman–Crippen LogP) is 2.74. The fourth-order valence-electron chi connectivity index (χ4n) is 2.11. The van der Waals surface area contributed by atoms with Gasteiger partial charge in [0.05, 0.1) is 5.52 Å². The van der Waals surface area contributed by atoms with Crippen molar-refractivity contribution in [3.05, 3.63) is 48.2 Å². The number of hydrogen-bond acceptors (Lipinski definition) is 3. The topological polar surface area (TPSA) is 42.4 Å². The number of aromatic nitrogens is 1. The van der Waals surface area contributed by atoms with E-state index in [9.17, 15) is 4.79 Å². The van der Waals surface area contributed by atoms with E-state index in [2.05, 4.69) is 4.98 Å². The Morgan fingerprint density at radius 3 is 2.95 bits per heavy atom. The van der Waals surface area contributed by atoms with Crippen LogP contribution in [0.2, 0.25) is 0 Å². The van der Waals surface area contributed by atoms with Crippen LogP contribution in [0.5, 0.6) is 0 Å². The Bertz CT molecular complexity index is 632. The van der Waals surface area contributed by atoms with E-state index in [0.717, 1.165) is 22.9 Å². The molecule has 0 saturated heterocycles. The largest absolute Gasteiger partial charge is 0.385 e. The molecule has 0 spiro atoms. The maximum Gasteiger partial charge on any atom is 0.246 e. The number of pyridine rings is 1. The summed E-state index contributed by atoms with van der Waals surface area (Å²) in [5.74, 6) is -0.0148. The standard InChI is InChI=1S/C17H20N2O2/c1-19(12-5-13-21-2)16(20)10-9-15-7-3-6-14-8-4-11-18-17(14)15/h3-4,6-11H,5,12-13H2,1-2H3/b10-9+. The lowest BCUT2D eigenvalue weighted by Crippen LogP contribution is -2.26. The summed E-state index contributed by atoms with van der Waals surface area (Å²) < 4.78 is 4.99. The third-order valence-electron chi connectivity index (χ3n) is 3.29. The molecule has 0 unspecified atom stereocenters. The summed E-state index contributed by atoms with van der Waals surface area (Å²) in [7, 11) is 3.46. The lowest BCUT2D eigenvalue weighted by Gasteiger charge is -2.14. The maximum atomic E-state index is 12.0. The summed E-state index contributed by atoms with van der Waals surface area (Å²) in [5, 5.41) is 1.07. The first kappa shape index (κ1) is 15.2. The van der Waals surface area contributed by atoms with E-state index in [0.29, 0.717) is 13.2 Å². The second-order valence-corrected chi connectivity index (χ2v) is 4.86. The van der Waals surface area contributed by atoms with Crippen LogP contribution in [0.3, 0.4) is 0 Å². The van der Waals surface area contributed by atoms with Gasteiger partial charge in [-0.2, -0.15) is 0 Å². The van der Waals surface area contributed by atoms with Gasteiger partial charge in [-0.15, -0.1) is 0 Å². The van der Waals surface area contributed by atoms with Crippen molar-refractivity contribution in [2.75, 3.05) is 27.3 Å². The molecule has 1 heterocycles. The number of rotatable bonds is 6. The number of benzene rings is 1. The van der Waals surface area contributed by atoms with E-state index in [4.69, 9.17) is 4.74 Å². The Hall–Kier alpha value is -2.20. The molecule has 0 bridgehead atoms. The lowest BCUT2D eigenvalue weighted by atomic mass is 10.1. The van der Waals surface area contributed by atoms with Crippen LogP contribution in [-0.4, -0.2) is 43.1 Å². The first-order valence-corrected chi connectivity index (χ1v) is 6.98.